The van der Waals surface area contributed by atoms with E-state index in [1.807, 2.05) is 6.07 Å². The Hall–Kier alpha value is -1.09. The Morgan fingerprint density at radius 3 is 2.89 bits per heavy atom. The smallest absolute Gasteiger partial charge is 0.123 e. The van der Waals surface area contributed by atoms with Crippen molar-refractivity contribution in [3.63, 3.8) is 0 Å². The molecule has 1 aromatic carbocycles. The number of hydrogen-bond donors (Lipinski definition) is 1. The topological polar surface area (TPSA) is 23.5 Å². The van der Waals surface area contributed by atoms with Gasteiger partial charge in [0.1, 0.15) is 5.82 Å². The Morgan fingerprint density at radius 2 is 2.21 bits per heavy atom. The summed E-state index contributed by atoms with van der Waals surface area (Å²) in [5.41, 5.74) is 1.72. The van der Waals surface area contributed by atoms with Crippen LogP contribution in [-0.4, -0.2) is 17.7 Å². The van der Waals surface area contributed by atoms with Crippen LogP contribution >= 0.6 is 0 Å². The first-order valence-electron chi connectivity index (χ1n) is 7.37. The van der Waals surface area contributed by atoms with Crippen LogP contribution in [0.4, 0.5) is 10.1 Å². The highest BCUT2D eigenvalue weighted by molar-refractivity contribution is 5.56. The molecule has 0 amide bonds. The highest BCUT2D eigenvalue weighted by Gasteiger charge is 2.24. The van der Waals surface area contributed by atoms with Crippen LogP contribution in [0.2, 0.25) is 0 Å². The molecule has 0 saturated carbocycles. The maximum atomic E-state index is 13.4. The quantitative estimate of drug-likeness (QED) is 0.888. The fourth-order valence-corrected chi connectivity index (χ4v) is 3.07. The lowest BCUT2D eigenvalue weighted by Gasteiger charge is -2.39. The van der Waals surface area contributed by atoms with E-state index in [1.54, 1.807) is 6.92 Å². The van der Waals surface area contributed by atoms with Crippen molar-refractivity contribution in [2.24, 2.45) is 0 Å². The molecular weight excluding hydrogens is 241 g/mol. The normalized spacial score (nSPS) is 21.5. The van der Waals surface area contributed by atoms with Gasteiger partial charge in [0.25, 0.3) is 0 Å². The van der Waals surface area contributed by atoms with E-state index in [1.165, 1.54) is 31.4 Å². The van der Waals surface area contributed by atoms with Gasteiger partial charge in [0.15, 0.2) is 0 Å². The summed E-state index contributed by atoms with van der Waals surface area (Å²) >= 11 is 0. The Balaban J connectivity index is 2.32. The highest BCUT2D eigenvalue weighted by atomic mass is 19.1. The summed E-state index contributed by atoms with van der Waals surface area (Å²) in [7, 11) is 0. The minimum absolute atomic E-state index is 0.274. The summed E-state index contributed by atoms with van der Waals surface area (Å²) in [5.74, 6) is -0.274. The molecule has 2 atom stereocenters. The third-order valence-electron chi connectivity index (χ3n) is 4.00. The molecule has 0 aliphatic carbocycles. The van der Waals surface area contributed by atoms with Gasteiger partial charge in [-0.1, -0.05) is 13.3 Å². The van der Waals surface area contributed by atoms with Crippen LogP contribution in [0.25, 0.3) is 0 Å². The van der Waals surface area contributed by atoms with Crippen molar-refractivity contribution in [3.8, 4) is 0 Å². The molecule has 1 unspecified atom stereocenters. The summed E-state index contributed by atoms with van der Waals surface area (Å²) in [6, 6.07) is 5.32. The standard InChI is InChI=1S/C16H24FNO/c1-3-6-14-7-4-5-10-18(14)16-9-8-13(17)11-15(16)12(2)19/h8-9,11-12,14,19H,3-7,10H2,1-2H3/t12-,14?/m0/s1. The summed E-state index contributed by atoms with van der Waals surface area (Å²) in [6.45, 7) is 4.92. The zero-order valence-corrected chi connectivity index (χ0v) is 11.9. The van der Waals surface area contributed by atoms with Crippen molar-refractivity contribution in [3.05, 3.63) is 29.6 Å². The Morgan fingerprint density at radius 1 is 1.42 bits per heavy atom. The molecule has 1 heterocycles. The van der Waals surface area contributed by atoms with Crippen molar-refractivity contribution in [2.45, 2.75) is 58.1 Å². The third kappa shape index (κ3) is 3.27. The predicted molar refractivity (Wildman–Crippen MR) is 76.9 cm³/mol. The number of benzene rings is 1. The van der Waals surface area contributed by atoms with Crippen molar-refractivity contribution in [1.82, 2.24) is 0 Å². The van der Waals surface area contributed by atoms with E-state index >= 15 is 0 Å². The van der Waals surface area contributed by atoms with Gasteiger partial charge in [0.2, 0.25) is 0 Å². The van der Waals surface area contributed by atoms with Gasteiger partial charge in [-0.15, -0.1) is 0 Å². The van der Waals surface area contributed by atoms with Crippen LogP contribution in [0.3, 0.4) is 0 Å². The predicted octanol–water partition coefficient (Wildman–Crippen LogP) is 4.04. The molecule has 1 N–H and O–H groups in total. The molecule has 0 bridgehead atoms. The lowest BCUT2D eigenvalue weighted by molar-refractivity contribution is 0.198. The average molecular weight is 265 g/mol. The molecule has 2 nitrogen and oxygen atoms in total. The molecule has 0 radical (unpaired) electrons. The van der Waals surface area contributed by atoms with E-state index in [4.69, 9.17) is 0 Å². The zero-order chi connectivity index (χ0) is 13.8. The van der Waals surface area contributed by atoms with Crippen LogP contribution < -0.4 is 4.90 Å². The molecule has 3 heteroatoms. The first kappa shape index (κ1) is 14.3. The molecule has 19 heavy (non-hydrogen) atoms. The summed E-state index contributed by atoms with van der Waals surface area (Å²) < 4.78 is 13.4. The number of halogens is 1. The van der Waals surface area contributed by atoms with E-state index in [-0.39, 0.29) is 5.82 Å². The van der Waals surface area contributed by atoms with Crippen molar-refractivity contribution in [1.29, 1.82) is 0 Å². The second kappa shape index (κ2) is 6.38. The fraction of sp³-hybridized carbons (Fsp3) is 0.625. The average Bonchev–Trinajstić information content (AvgIpc) is 2.40. The number of hydrogen-bond acceptors (Lipinski definition) is 2. The zero-order valence-electron chi connectivity index (χ0n) is 11.9. The molecule has 0 aromatic heterocycles. The maximum Gasteiger partial charge on any atom is 0.123 e. The lowest BCUT2D eigenvalue weighted by atomic mass is 9.95. The summed E-state index contributed by atoms with van der Waals surface area (Å²) in [5, 5.41) is 9.88. The molecule has 1 fully saturated rings. The van der Waals surface area contributed by atoms with Gasteiger partial charge in [-0.2, -0.15) is 0 Å². The molecule has 2 rings (SSSR count). The Kier molecular flexibility index (Phi) is 4.81. The second-order valence-corrected chi connectivity index (χ2v) is 5.51. The number of aliphatic hydroxyl groups is 1. The monoisotopic (exact) mass is 265 g/mol. The van der Waals surface area contributed by atoms with Crippen LogP contribution in [0.1, 0.15) is 57.6 Å². The van der Waals surface area contributed by atoms with Gasteiger partial charge in [-0.3, -0.25) is 0 Å². The van der Waals surface area contributed by atoms with Gasteiger partial charge in [-0.05, 0) is 50.8 Å². The first-order chi connectivity index (χ1) is 9.13. The summed E-state index contributed by atoms with van der Waals surface area (Å²) in [4.78, 5) is 2.37. The van der Waals surface area contributed by atoms with Gasteiger partial charge in [0.05, 0.1) is 6.10 Å². The SMILES string of the molecule is CCCC1CCCCN1c1ccc(F)cc1[C@H](C)O. The van der Waals surface area contributed by atoms with E-state index in [2.05, 4.69) is 11.8 Å². The minimum atomic E-state index is -0.630. The van der Waals surface area contributed by atoms with Crippen LogP contribution in [0.5, 0.6) is 0 Å². The number of rotatable bonds is 4. The largest absolute Gasteiger partial charge is 0.389 e. The van der Waals surface area contributed by atoms with E-state index in [9.17, 15) is 9.50 Å². The van der Waals surface area contributed by atoms with Crippen LogP contribution in [-0.2, 0) is 0 Å². The molecule has 1 aliphatic heterocycles. The molecular formula is C16H24FNO. The van der Waals surface area contributed by atoms with E-state index in [0.717, 1.165) is 25.1 Å². The maximum absolute atomic E-state index is 13.4. The molecule has 1 aliphatic rings. The fourth-order valence-electron chi connectivity index (χ4n) is 3.07. The summed E-state index contributed by atoms with van der Waals surface area (Å²) in [6.07, 6.45) is 5.34. The van der Waals surface area contributed by atoms with Crippen LogP contribution in [0, 0.1) is 5.82 Å². The van der Waals surface area contributed by atoms with E-state index in [0.29, 0.717) is 11.6 Å². The number of anilines is 1. The number of piperidine rings is 1. The van der Waals surface area contributed by atoms with E-state index < -0.39 is 6.10 Å². The van der Waals surface area contributed by atoms with Crippen molar-refractivity contribution in [2.75, 3.05) is 11.4 Å². The molecule has 106 valence electrons. The van der Waals surface area contributed by atoms with Crippen LogP contribution in [0.15, 0.2) is 18.2 Å². The van der Waals surface area contributed by atoms with Gasteiger partial charge < -0.3 is 10.0 Å². The second-order valence-electron chi connectivity index (χ2n) is 5.51. The van der Waals surface area contributed by atoms with Crippen molar-refractivity contribution < 1.29 is 9.50 Å². The number of nitrogens with zero attached hydrogens (tertiary/aromatic N) is 1. The molecule has 0 spiro atoms. The first-order valence-corrected chi connectivity index (χ1v) is 7.37. The molecule has 1 saturated heterocycles. The Labute approximate surface area is 115 Å². The Bertz CT molecular complexity index is 417. The lowest BCUT2D eigenvalue weighted by Crippen LogP contribution is -2.40. The third-order valence-corrected chi connectivity index (χ3v) is 4.00. The van der Waals surface area contributed by atoms with Gasteiger partial charge in [-0.25, -0.2) is 4.39 Å². The van der Waals surface area contributed by atoms with Crippen molar-refractivity contribution >= 4 is 5.69 Å². The minimum Gasteiger partial charge on any atom is -0.389 e. The van der Waals surface area contributed by atoms with Gasteiger partial charge in [0, 0.05) is 23.8 Å². The molecule has 1 aromatic rings. The number of aliphatic hydroxyl groups excluding tert-OH is 1. The highest BCUT2D eigenvalue weighted by Crippen LogP contribution is 2.33. The van der Waals surface area contributed by atoms with Gasteiger partial charge >= 0.3 is 0 Å².